The minimum absolute atomic E-state index is 0.115. The molecule has 1 aromatic carbocycles. The van der Waals surface area contributed by atoms with Crippen LogP contribution in [0.3, 0.4) is 0 Å². The van der Waals surface area contributed by atoms with Crippen LogP contribution < -0.4 is 9.62 Å². The Bertz CT molecular complexity index is 667. The summed E-state index contributed by atoms with van der Waals surface area (Å²) in [6.07, 6.45) is 2.70. The molecular weight excluding hydrogens is 264 g/mol. The summed E-state index contributed by atoms with van der Waals surface area (Å²) in [5.74, 6) is 0. The molecule has 0 saturated heterocycles. The van der Waals surface area contributed by atoms with E-state index < -0.39 is 10.0 Å². The number of para-hydroxylation sites is 1. The quantitative estimate of drug-likeness (QED) is 0.848. The molecule has 19 heavy (non-hydrogen) atoms. The van der Waals surface area contributed by atoms with Gasteiger partial charge in [-0.15, -0.1) is 0 Å². The molecule has 2 aromatic rings. The molecule has 2 N–H and O–H groups in total. The van der Waals surface area contributed by atoms with Crippen LogP contribution in [0.2, 0.25) is 0 Å². The van der Waals surface area contributed by atoms with E-state index in [1.54, 1.807) is 0 Å². The predicted octanol–water partition coefficient (Wildman–Crippen LogP) is 0.708. The Morgan fingerprint density at radius 2 is 2.11 bits per heavy atom. The summed E-state index contributed by atoms with van der Waals surface area (Å²) < 4.78 is 26.6. The zero-order valence-corrected chi connectivity index (χ0v) is 11.0. The van der Waals surface area contributed by atoms with Gasteiger partial charge in [0.25, 0.3) is 10.0 Å². The maximum atomic E-state index is 12.6. The highest BCUT2D eigenvalue weighted by atomic mass is 32.2. The monoisotopic (exact) mass is 278 g/mol. The van der Waals surface area contributed by atoms with E-state index in [0.717, 1.165) is 11.3 Å². The second kappa shape index (κ2) is 4.67. The number of H-pyrrole nitrogens is 1. The van der Waals surface area contributed by atoms with Crippen molar-refractivity contribution in [3.8, 4) is 0 Å². The summed E-state index contributed by atoms with van der Waals surface area (Å²) in [5, 5.41) is 3.33. The maximum Gasteiger partial charge on any atom is 0.281 e. The predicted molar refractivity (Wildman–Crippen MR) is 71.3 cm³/mol. The van der Waals surface area contributed by atoms with Gasteiger partial charge in [0, 0.05) is 19.6 Å². The van der Waals surface area contributed by atoms with Crippen LogP contribution in [0, 0.1) is 0 Å². The smallest absolute Gasteiger partial charge is 0.281 e. The van der Waals surface area contributed by atoms with Gasteiger partial charge >= 0.3 is 0 Å². The average Bonchev–Trinajstić information content (AvgIpc) is 2.86. The minimum atomic E-state index is -3.58. The molecule has 7 heteroatoms. The van der Waals surface area contributed by atoms with Crippen LogP contribution in [-0.4, -0.2) is 31.5 Å². The summed E-state index contributed by atoms with van der Waals surface area (Å²) in [6.45, 7) is 1.69. The molecule has 0 spiro atoms. The van der Waals surface area contributed by atoms with Gasteiger partial charge in [-0.1, -0.05) is 18.2 Å². The third-order valence-corrected chi connectivity index (χ3v) is 4.85. The number of benzene rings is 1. The average molecular weight is 278 g/mol. The molecule has 0 atom stereocenters. The highest BCUT2D eigenvalue weighted by molar-refractivity contribution is 7.92. The first-order valence-electron chi connectivity index (χ1n) is 5.99. The Morgan fingerprint density at radius 1 is 1.26 bits per heavy atom. The van der Waals surface area contributed by atoms with Crippen molar-refractivity contribution < 1.29 is 8.42 Å². The summed E-state index contributed by atoms with van der Waals surface area (Å²) in [7, 11) is -3.58. The molecule has 0 bridgehead atoms. The number of anilines is 1. The molecule has 1 aliphatic heterocycles. The minimum Gasteiger partial charge on any atom is -0.334 e. The maximum absolute atomic E-state index is 12.6. The molecule has 1 aliphatic rings. The van der Waals surface area contributed by atoms with Crippen molar-refractivity contribution in [2.75, 3.05) is 17.4 Å². The number of aromatic amines is 1. The number of hydrogen-bond donors (Lipinski definition) is 2. The van der Waals surface area contributed by atoms with E-state index >= 15 is 0 Å². The molecular formula is C12H14N4O2S. The molecule has 2 heterocycles. The van der Waals surface area contributed by atoms with Gasteiger partial charge in [-0.05, 0) is 11.6 Å². The van der Waals surface area contributed by atoms with Gasteiger partial charge < -0.3 is 10.3 Å². The van der Waals surface area contributed by atoms with Crippen molar-refractivity contribution in [1.29, 1.82) is 0 Å². The molecule has 100 valence electrons. The van der Waals surface area contributed by atoms with E-state index in [1.165, 1.54) is 16.8 Å². The lowest BCUT2D eigenvalue weighted by atomic mass is 10.2. The first-order chi connectivity index (χ1) is 9.19. The molecule has 0 saturated carbocycles. The second-order valence-corrected chi connectivity index (χ2v) is 6.13. The fraction of sp³-hybridized carbons (Fsp3) is 0.250. The number of nitrogens with one attached hydrogen (secondary N) is 2. The fourth-order valence-corrected chi connectivity index (χ4v) is 3.58. The molecule has 0 unspecified atom stereocenters. The number of fused-ring (bicyclic) bond motifs is 1. The molecule has 0 radical (unpaired) electrons. The van der Waals surface area contributed by atoms with Crippen molar-refractivity contribution in [3.63, 3.8) is 0 Å². The van der Waals surface area contributed by atoms with Gasteiger partial charge in [0.2, 0.25) is 0 Å². The van der Waals surface area contributed by atoms with Gasteiger partial charge in [0.1, 0.15) is 0 Å². The summed E-state index contributed by atoms with van der Waals surface area (Å²) in [5.41, 5.74) is 1.70. The Hall–Kier alpha value is -1.86. The van der Waals surface area contributed by atoms with Crippen molar-refractivity contribution in [2.45, 2.75) is 11.6 Å². The van der Waals surface area contributed by atoms with Crippen LogP contribution in [0.15, 0.2) is 41.8 Å². The van der Waals surface area contributed by atoms with Gasteiger partial charge in [0.05, 0.1) is 18.2 Å². The van der Waals surface area contributed by atoms with E-state index in [2.05, 4.69) is 15.3 Å². The Labute approximate surface area is 111 Å². The van der Waals surface area contributed by atoms with Crippen molar-refractivity contribution in [3.05, 3.63) is 42.4 Å². The number of nitrogens with zero attached hydrogens (tertiary/aromatic N) is 2. The summed E-state index contributed by atoms with van der Waals surface area (Å²) in [6, 6.07) is 7.52. The lowest BCUT2D eigenvalue weighted by Crippen LogP contribution is -2.34. The first-order valence-corrected chi connectivity index (χ1v) is 7.43. The van der Waals surface area contributed by atoms with Crippen LogP contribution in [0.1, 0.15) is 5.56 Å². The van der Waals surface area contributed by atoms with Gasteiger partial charge in [-0.25, -0.2) is 4.98 Å². The van der Waals surface area contributed by atoms with Crippen LogP contribution in [0.5, 0.6) is 0 Å². The Morgan fingerprint density at radius 3 is 2.89 bits per heavy atom. The number of aromatic nitrogens is 2. The summed E-state index contributed by atoms with van der Waals surface area (Å²) >= 11 is 0. The Kier molecular flexibility index (Phi) is 3.00. The molecule has 0 fully saturated rings. The molecule has 0 amide bonds. The van der Waals surface area contributed by atoms with Crippen LogP contribution in [-0.2, 0) is 16.6 Å². The third-order valence-electron chi connectivity index (χ3n) is 3.11. The van der Waals surface area contributed by atoms with E-state index in [9.17, 15) is 8.42 Å². The number of sulfonamides is 1. The zero-order chi connectivity index (χ0) is 13.3. The van der Waals surface area contributed by atoms with E-state index in [1.807, 2.05) is 24.3 Å². The van der Waals surface area contributed by atoms with Crippen molar-refractivity contribution >= 4 is 15.7 Å². The first kappa shape index (κ1) is 12.2. The lowest BCUT2D eigenvalue weighted by molar-refractivity contribution is 0.586. The highest BCUT2D eigenvalue weighted by Gasteiger charge is 2.28. The van der Waals surface area contributed by atoms with Gasteiger partial charge in [-0.2, -0.15) is 8.42 Å². The molecule has 3 rings (SSSR count). The number of hydrogen-bond acceptors (Lipinski definition) is 4. The molecule has 1 aromatic heterocycles. The highest BCUT2D eigenvalue weighted by Crippen LogP contribution is 2.27. The van der Waals surface area contributed by atoms with E-state index in [4.69, 9.17) is 0 Å². The fourth-order valence-electron chi connectivity index (χ4n) is 2.18. The van der Waals surface area contributed by atoms with Crippen LogP contribution >= 0.6 is 0 Å². The molecule has 0 aliphatic carbocycles. The Balaban J connectivity index is 2.10. The van der Waals surface area contributed by atoms with Crippen LogP contribution in [0.4, 0.5) is 5.69 Å². The SMILES string of the molecule is O=S(=O)(c1cnc[nH]1)N1CCNCc2ccccc21. The second-order valence-electron chi connectivity index (χ2n) is 4.30. The standard InChI is InChI=1S/C12H14N4O2S/c17-19(18,12-8-14-9-15-12)16-6-5-13-7-10-3-1-2-4-11(10)16/h1-4,8-9,13H,5-7H2,(H,14,15). The van der Waals surface area contributed by atoms with E-state index in [-0.39, 0.29) is 5.03 Å². The summed E-state index contributed by atoms with van der Waals surface area (Å²) in [4.78, 5) is 6.45. The number of rotatable bonds is 2. The zero-order valence-electron chi connectivity index (χ0n) is 10.2. The van der Waals surface area contributed by atoms with Gasteiger partial charge in [-0.3, -0.25) is 4.31 Å². The van der Waals surface area contributed by atoms with Gasteiger partial charge in [0.15, 0.2) is 5.03 Å². The molecule has 6 nitrogen and oxygen atoms in total. The number of imidazole rings is 1. The largest absolute Gasteiger partial charge is 0.334 e. The van der Waals surface area contributed by atoms with E-state index in [0.29, 0.717) is 19.6 Å². The van der Waals surface area contributed by atoms with Crippen molar-refractivity contribution in [1.82, 2.24) is 15.3 Å². The third kappa shape index (κ3) is 2.11. The normalized spacial score (nSPS) is 15.9. The van der Waals surface area contributed by atoms with Crippen molar-refractivity contribution in [2.24, 2.45) is 0 Å². The lowest BCUT2D eigenvalue weighted by Gasteiger charge is -2.23. The topological polar surface area (TPSA) is 78.1 Å². The van der Waals surface area contributed by atoms with Crippen LogP contribution in [0.25, 0.3) is 0 Å².